The molecule has 1 aromatic carbocycles. The molecule has 0 spiro atoms. The molecule has 0 aromatic heterocycles. The van der Waals surface area contributed by atoms with Crippen LogP contribution < -0.4 is 4.74 Å². The van der Waals surface area contributed by atoms with E-state index in [1.807, 2.05) is 0 Å². The molecule has 0 aliphatic rings. The minimum Gasteiger partial charge on any atom is -0.420 e. The lowest BCUT2D eigenvalue weighted by molar-refractivity contribution is -0.136. The number of methoxy groups -OCH3 is 1. The predicted molar refractivity (Wildman–Crippen MR) is 167 cm³/mol. The highest BCUT2D eigenvalue weighted by Gasteiger charge is 2.28. The van der Waals surface area contributed by atoms with Crippen molar-refractivity contribution in [3.63, 3.8) is 0 Å². The van der Waals surface area contributed by atoms with Crippen LogP contribution in [0.5, 0.6) is 5.75 Å². The quantitative estimate of drug-likeness (QED) is 0.0246. The summed E-state index contributed by atoms with van der Waals surface area (Å²) in [6.45, 7) is 9.01. The number of ether oxygens (including phenoxy) is 13. The Morgan fingerprint density at radius 2 is 0.569 bits per heavy atom. The minimum absolute atomic E-state index is 0.0797. The van der Waals surface area contributed by atoms with Crippen LogP contribution in [0.1, 0.15) is 6.42 Å². The number of halogens is 5. The van der Waals surface area contributed by atoms with Gasteiger partial charge in [-0.2, -0.15) is 8.78 Å². The Balaban J connectivity index is 1.73. The SMILES string of the molecule is COCCOCCOCCOCCOCCOCCOCCOCCOCCOCCOCCOCCC(=O)Oc1c(F)c(F)c(F)c(F)c1F. The summed E-state index contributed by atoms with van der Waals surface area (Å²) in [6.07, 6.45) is -0.488. The zero-order valence-electron chi connectivity index (χ0n) is 29.1. The van der Waals surface area contributed by atoms with Gasteiger partial charge in [-0.1, -0.05) is 0 Å². The van der Waals surface area contributed by atoms with Crippen molar-refractivity contribution in [1.82, 2.24) is 0 Å². The van der Waals surface area contributed by atoms with E-state index >= 15 is 0 Å². The lowest BCUT2D eigenvalue weighted by Crippen LogP contribution is -2.16. The van der Waals surface area contributed by atoms with Gasteiger partial charge < -0.3 is 61.6 Å². The monoisotopic (exact) mass is 754 g/mol. The van der Waals surface area contributed by atoms with E-state index in [1.54, 1.807) is 7.11 Å². The molecule has 0 heterocycles. The van der Waals surface area contributed by atoms with E-state index < -0.39 is 47.2 Å². The van der Waals surface area contributed by atoms with Crippen LogP contribution in [0.2, 0.25) is 0 Å². The molecule has 298 valence electrons. The molecule has 0 amide bonds. The zero-order valence-corrected chi connectivity index (χ0v) is 29.1. The number of hydrogen-bond donors (Lipinski definition) is 0. The summed E-state index contributed by atoms with van der Waals surface area (Å²) in [5, 5.41) is 0. The standard InChI is InChI=1S/C32H51F5O14/c1-39-4-5-41-8-9-43-12-13-45-16-17-47-20-21-49-24-25-50-23-22-48-19-18-46-15-14-44-11-10-42-7-6-40-3-2-26(38)51-32-30(36)28(34)27(33)29(35)31(32)37/h2-25H2,1H3. The molecule has 0 aliphatic carbocycles. The van der Waals surface area contributed by atoms with Crippen molar-refractivity contribution in [1.29, 1.82) is 0 Å². The van der Waals surface area contributed by atoms with Crippen LogP contribution in [-0.2, 0) is 61.6 Å². The molecular weight excluding hydrogens is 703 g/mol. The van der Waals surface area contributed by atoms with Gasteiger partial charge in [-0.15, -0.1) is 0 Å². The molecule has 0 radical (unpaired) electrons. The number of benzene rings is 1. The van der Waals surface area contributed by atoms with Crippen LogP contribution in [0.25, 0.3) is 0 Å². The normalized spacial score (nSPS) is 11.5. The maximum Gasteiger partial charge on any atom is 0.313 e. The third kappa shape index (κ3) is 25.5. The summed E-state index contributed by atoms with van der Waals surface area (Å²) in [7, 11) is 1.63. The number of carbonyl (C=O) groups is 1. The zero-order chi connectivity index (χ0) is 37.2. The van der Waals surface area contributed by atoms with Crippen LogP contribution in [0.4, 0.5) is 22.0 Å². The first-order valence-electron chi connectivity index (χ1n) is 16.5. The fourth-order valence-corrected chi connectivity index (χ4v) is 3.44. The lowest BCUT2D eigenvalue weighted by atomic mass is 10.2. The van der Waals surface area contributed by atoms with E-state index in [1.165, 1.54) is 0 Å². The second kappa shape index (κ2) is 33.7. The Labute approximate surface area is 294 Å². The largest absolute Gasteiger partial charge is 0.420 e. The predicted octanol–water partition coefficient (Wildman–Crippen LogP) is 2.51. The van der Waals surface area contributed by atoms with Crippen molar-refractivity contribution in [2.75, 3.05) is 159 Å². The highest BCUT2D eigenvalue weighted by atomic mass is 19.2. The molecule has 14 nitrogen and oxygen atoms in total. The van der Waals surface area contributed by atoms with E-state index in [0.717, 1.165) is 0 Å². The second-order valence-electron chi connectivity index (χ2n) is 9.85. The molecule has 0 aliphatic heterocycles. The van der Waals surface area contributed by atoms with Gasteiger partial charge in [-0.25, -0.2) is 13.2 Å². The summed E-state index contributed by atoms with van der Waals surface area (Å²) < 4.78 is 135. The lowest BCUT2D eigenvalue weighted by Gasteiger charge is -2.09. The number of hydrogen-bond acceptors (Lipinski definition) is 14. The molecule has 0 atom stereocenters. The van der Waals surface area contributed by atoms with Gasteiger partial charge in [0.1, 0.15) is 0 Å². The molecule has 1 rings (SSSR count). The van der Waals surface area contributed by atoms with Gasteiger partial charge in [0.15, 0.2) is 0 Å². The minimum atomic E-state index is -2.35. The van der Waals surface area contributed by atoms with Crippen LogP contribution in [-0.4, -0.2) is 165 Å². The third-order valence-corrected chi connectivity index (χ3v) is 5.99. The molecule has 19 heteroatoms. The first-order valence-corrected chi connectivity index (χ1v) is 16.5. The van der Waals surface area contributed by atoms with Crippen molar-refractivity contribution < 1.29 is 88.3 Å². The van der Waals surface area contributed by atoms with Gasteiger partial charge in [0.05, 0.1) is 158 Å². The summed E-state index contributed by atoms with van der Waals surface area (Å²) in [5.74, 6) is -14.1. The van der Waals surface area contributed by atoms with Crippen molar-refractivity contribution in [3.05, 3.63) is 29.1 Å². The highest BCUT2D eigenvalue weighted by Crippen LogP contribution is 2.29. The van der Waals surface area contributed by atoms with E-state index in [0.29, 0.717) is 126 Å². The molecule has 0 N–H and O–H groups in total. The Bertz CT molecular complexity index is 969. The smallest absolute Gasteiger partial charge is 0.313 e. The van der Waals surface area contributed by atoms with Gasteiger partial charge >= 0.3 is 5.97 Å². The topological polar surface area (TPSA) is 137 Å². The van der Waals surface area contributed by atoms with E-state index in [9.17, 15) is 26.7 Å². The van der Waals surface area contributed by atoms with Crippen molar-refractivity contribution >= 4 is 5.97 Å². The van der Waals surface area contributed by atoms with Crippen molar-refractivity contribution in [3.8, 4) is 5.75 Å². The van der Waals surface area contributed by atoms with Crippen LogP contribution in [0.3, 0.4) is 0 Å². The fraction of sp³-hybridized carbons (Fsp3) is 0.781. The van der Waals surface area contributed by atoms with E-state index in [2.05, 4.69) is 4.74 Å². The van der Waals surface area contributed by atoms with E-state index in [-0.39, 0.29) is 26.4 Å². The number of carbonyl (C=O) groups excluding carboxylic acids is 1. The molecule has 51 heavy (non-hydrogen) atoms. The fourth-order valence-electron chi connectivity index (χ4n) is 3.44. The molecule has 1 aromatic rings. The van der Waals surface area contributed by atoms with Gasteiger partial charge in [-0.05, 0) is 0 Å². The summed E-state index contributed by atoms with van der Waals surface area (Å²) in [4.78, 5) is 11.6. The number of rotatable bonds is 37. The molecular formula is C32H51F5O14. The van der Waals surface area contributed by atoms with Crippen LogP contribution >= 0.6 is 0 Å². The second-order valence-corrected chi connectivity index (χ2v) is 9.85. The van der Waals surface area contributed by atoms with Gasteiger partial charge in [0, 0.05) is 7.11 Å². The number of esters is 1. The van der Waals surface area contributed by atoms with Gasteiger partial charge in [0.25, 0.3) is 0 Å². The highest BCUT2D eigenvalue weighted by molar-refractivity contribution is 5.72. The molecule has 0 saturated carbocycles. The Hall–Kier alpha value is -2.14. The Morgan fingerprint density at radius 3 is 0.824 bits per heavy atom. The average Bonchev–Trinajstić information content (AvgIpc) is 3.13. The molecule has 0 saturated heterocycles. The maximum atomic E-state index is 13.5. The molecule has 0 unspecified atom stereocenters. The third-order valence-electron chi connectivity index (χ3n) is 5.99. The maximum absolute atomic E-state index is 13.5. The van der Waals surface area contributed by atoms with Crippen LogP contribution in [0, 0.1) is 29.1 Å². The summed E-state index contributed by atoms with van der Waals surface area (Å²) in [6, 6.07) is 0. The Morgan fingerprint density at radius 1 is 0.353 bits per heavy atom. The van der Waals surface area contributed by atoms with Crippen molar-refractivity contribution in [2.24, 2.45) is 0 Å². The molecule has 0 bridgehead atoms. The molecule has 0 fully saturated rings. The Kier molecular flexibility index (Phi) is 31.0. The summed E-state index contributed by atoms with van der Waals surface area (Å²) in [5.41, 5.74) is 0. The van der Waals surface area contributed by atoms with Crippen molar-refractivity contribution in [2.45, 2.75) is 6.42 Å². The van der Waals surface area contributed by atoms with Crippen LogP contribution in [0.15, 0.2) is 0 Å². The summed E-state index contributed by atoms with van der Waals surface area (Å²) >= 11 is 0. The van der Waals surface area contributed by atoms with Gasteiger partial charge in [-0.3, -0.25) is 4.79 Å². The first-order chi connectivity index (χ1) is 24.9. The van der Waals surface area contributed by atoms with Gasteiger partial charge in [0.2, 0.25) is 34.8 Å². The first kappa shape index (κ1) is 46.9. The van der Waals surface area contributed by atoms with E-state index in [4.69, 9.17) is 56.8 Å². The average molecular weight is 755 g/mol.